The van der Waals surface area contributed by atoms with Crippen molar-refractivity contribution < 1.29 is 5.11 Å². The Morgan fingerprint density at radius 1 is 1.16 bits per heavy atom. The summed E-state index contributed by atoms with van der Waals surface area (Å²) in [6.07, 6.45) is 0. The van der Waals surface area contributed by atoms with Gasteiger partial charge in [-0.15, -0.1) is 0 Å². The third-order valence-electron chi connectivity index (χ3n) is 3.11. The van der Waals surface area contributed by atoms with Crippen molar-refractivity contribution in [3.63, 3.8) is 0 Å². The third kappa shape index (κ3) is 2.00. The number of fused-ring (bicyclic) bond motifs is 1. The Labute approximate surface area is 115 Å². The van der Waals surface area contributed by atoms with Gasteiger partial charge in [-0.25, -0.2) is 0 Å². The van der Waals surface area contributed by atoms with E-state index in [9.17, 15) is 5.11 Å². The van der Waals surface area contributed by atoms with Gasteiger partial charge in [0.15, 0.2) is 0 Å². The van der Waals surface area contributed by atoms with E-state index in [0.717, 1.165) is 10.8 Å². The molecule has 0 aliphatic rings. The second-order valence-corrected chi connectivity index (χ2v) is 4.88. The fraction of sp³-hybridized carbons (Fsp3) is 0.0714. The van der Waals surface area contributed by atoms with Gasteiger partial charge in [-0.1, -0.05) is 17.7 Å². The second kappa shape index (κ2) is 4.17. The maximum atomic E-state index is 10.1. The molecule has 0 spiro atoms. The van der Waals surface area contributed by atoms with Crippen LogP contribution in [0.2, 0.25) is 5.02 Å². The predicted octanol–water partition coefficient (Wildman–Crippen LogP) is 3.18. The molecule has 96 valence electrons. The van der Waals surface area contributed by atoms with Crippen molar-refractivity contribution >= 4 is 28.2 Å². The number of benzene rings is 2. The number of anilines is 1. The molecule has 0 fully saturated rings. The molecule has 0 bridgehead atoms. The van der Waals surface area contributed by atoms with Gasteiger partial charge in [0.1, 0.15) is 11.6 Å². The van der Waals surface area contributed by atoms with Gasteiger partial charge in [0.05, 0.1) is 5.69 Å². The standard InChI is InChI=1S/C14H12ClN3O/c1-18-14(16)7-12(17-18)11-5-9-4-10(15)3-2-8(9)6-13(11)19/h2-7,19H,16H2,1H3. The summed E-state index contributed by atoms with van der Waals surface area (Å²) < 4.78 is 1.57. The normalized spacial score (nSPS) is 11.1. The Morgan fingerprint density at radius 3 is 2.63 bits per heavy atom. The molecule has 2 aromatic carbocycles. The molecule has 5 heteroatoms. The minimum absolute atomic E-state index is 0.174. The van der Waals surface area contributed by atoms with Crippen molar-refractivity contribution in [2.24, 2.45) is 7.05 Å². The number of nitrogens with zero attached hydrogens (tertiary/aromatic N) is 2. The lowest BCUT2D eigenvalue weighted by atomic mass is 10.0. The summed E-state index contributed by atoms with van der Waals surface area (Å²) in [7, 11) is 1.76. The minimum Gasteiger partial charge on any atom is -0.507 e. The van der Waals surface area contributed by atoms with Crippen molar-refractivity contribution in [3.8, 4) is 17.0 Å². The van der Waals surface area contributed by atoms with Gasteiger partial charge in [0, 0.05) is 23.7 Å². The molecule has 0 unspecified atom stereocenters. The van der Waals surface area contributed by atoms with E-state index in [2.05, 4.69) is 5.10 Å². The maximum absolute atomic E-state index is 10.1. The summed E-state index contributed by atoms with van der Waals surface area (Å²) in [5, 5.41) is 16.9. The number of halogens is 1. The van der Waals surface area contributed by atoms with E-state index >= 15 is 0 Å². The van der Waals surface area contributed by atoms with E-state index < -0.39 is 0 Å². The van der Waals surface area contributed by atoms with Crippen LogP contribution in [0.3, 0.4) is 0 Å². The number of rotatable bonds is 1. The Morgan fingerprint density at radius 2 is 1.95 bits per heavy atom. The molecule has 0 saturated carbocycles. The first-order valence-electron chi connectivity index (χ1n) is 5.77. The monoisotopic (exact) mass is 273 g/mol. The number of aromatic nitrogens is 2. The summed E-state index contributed by atoms with van der Waals surface area (Å²) in [4.78, 5) is 0. The van der Waals surface area contributed by atoms with Crippen LogP contribution in [-0.2, 0) is 7.05 Å². The Bertz CT molecular complexity index is 760. The topological polar surface area (TPSA) is 64.1 Å². The number of hydrogen-bond acceptors (Lipinski definition) is 3. The van der Waals surface area contributed by atoms with E-state index in [4.69, 9.17) is 17.3 Å². The van der Waals surface area contributed by atoms with Crippen molar-refractivity contribution in [1.82, 2.24) is 9.78 Å². The smallest absolute Gasteiger partial charge is 0.125 e. The summed E-state index contributed by atoms with van der Waals surface area (Å²) in [5.74, 6) is 0.716. The lowest BCUT2D eigenvalue weighted by molar-refractivity contribution is 0.478. The molecule has 3 N–H and O–H groups in total. The van der Waals surface area contributed by atoms with Gasteiger partial charge in [-0.3, -0.25) is 4.68 Å². The summed E-state index contributed by atoms with van der Waals surface area (Å²) in [5.41, 5.74) is 7.04. The molecule has 0 amide bonds. The molecule has 3 aromatic rings. The molecule has 0 aliphatic carbocycles. The number of phenols is 1. The zero-order valence-electron chi connectivity index (χ0n) is 10.3. The quantitative estimate of drug-likeness (QED) is 0.716. The highest BCUT2D eigenvalue weighted by Gasteiger charge is 2.11. The molecule has 0 radical (unpaired) electrons. The Balaban J connectivity index is 2.25. The molecular formula is C14H12ClN3O. The summed E-state index contributed by atoms with van der Waals surface area (Å²) in [6.45, 7) is 0. The molecule has 0 atom stereocenters. The first-order chi connectivity index (χ1) is 9.04. The summed E-state index contributed by atoms with van der Waals surface area (Å²) in [6, 6.07) is 10.8. The average molecular weight is 274 g/mol. The predicted molar refractivity (Wildman–Crippen MR) is 77.2 cm³/mol. The second-order valence-electron chi connectivity index (χ2n) is 4.44. The zero-order chi connectivity index (χ0) is 13.6. The molecule has 1 aromatic heterocycles. The molecule has 19 heavy (non-hydrogen) atoms. The van der Waals surface area contributed by atoms with Crippen LogP contribution in [0.4, 0.5) is 5.82 Å². The van der Waals surface area contributed by atoms with Crippen molar-refractivity contribution in [2.45, 2.75) is 0 Å². The fourth-order valence-corrected chi connectivity index (χ4v) is 2.26. The van der Waals surface area contributed by atoms with Crippen molar-refractivity contribution in [3.05, 3.63) is 41.4 Å². The maximum Gasteiger partial charge on any atom is 0.125 e. The van der Waals surface area contributed by atoms with Crippen LogP contribution in [0.15, 0.2) is 36.4 Å². The van der Waals surface area contributed by atoms with Gasteiger partial charge in [-0.05, 0) is 35.0 Å². The largest absolute Gasteiger partial charge is 0.507 e. The van der Waals surface area contributed by atoms with E-state index in [1.165, 1.54) is 0 Å². The van der Waals surface area contributed by atoms with Crippen LogP contribution < -0.4 is 5.73 Å². The van der Waals surface area contributed by atoms with Crippen LogP contribution in [0, 0.1) is 0 Å². The zero-order valence-corrected chi connectivity index (χ0v) is 11.0. The summed E-state index contributed by atoms with van der Waals surface area (Å²) >= 11 is 5.98. The highest BCUT2D eigenvalue weighted by molar-refractivity contribution is 6.31. The number of aryl methyl sites for hydroxylation is 1. The Hall–Kier alpha value is -2.20. The third-order valence-corrected chi connectivity index (χ3v) is 3.34. The first kappa shape index (κ1) is 11.9. The molecule has 0 aliphatic heterocycles. The lowest BCUT2D eigenvalue weighted by Gasteiger charge is -2.05. The van der Waals surface area contributed by atoms with Gasteiger partial charge in [0.25, 0.3) is 0 Å². The first-order valence-corrected chi connectivity index (χ1v) is 6.14. The minimum atomic E-state index is 0.174. The van der Waals surface area contributed by atoms with Crippen LogP contribution in [0.5, 0.6) is 5.75 Å². The van der Waals surface area contributed by atoms with Crippen LogP contribution >= 0.6 is 11.6 Å². The van der Waals surface area contributed by atoms with E-state index in [1.807, 2.05) is 18.2 Å². The van der Waals surface area contributed by atoms with Gasteiger partial charge < -0.3 is 10.8 Å². The van der Waals surface area contributed by atoms with Crippen LogP contribution in [0.25, 0.3) is 22.0 Å². The fourth-order valence-electron chi connectivity index (χ4n) is 2.08. The van der Waals surface area contributed by atoms with E-state index in [1.54, 1.807) is 29.9 Å². The number of hydrogen-bond donors (Lipinski definition) is 2. The van der Waals surface area contributed by atoms with Gasteiger partial charge in [0.2, 0.25) is 0 Å². The molecule has 0 saturated heterocycles. The van der Waals surface area contributed by atoms with Crippen molar-refractivity contribution in [2.75, 3.05) is 5.73 Å². The molecule has 4 nitrogen and oxygen atoms in total. The number of nitrogen functional groups attached to an aromatic ring is 1. The van der Waals surface area contributed by atoms with Gasteiger partial charge in [-0.2, -0.15) is 5.10 Å². The van der Waals surface area contributed by atoms with E-state index in [-0.39, 0.29) is 5.75 Å². The average Bonchev–Trinajstić information content (AvgIpc) is 2.69. The highest BCUT2D eigenvalue weighted by Crippen LogP contribution is 2.34. The van der Waals surface area contributed by atoms with Crippen LogP contribution in [0.1, 0.15) is 0 Å². The number of aromatic hydroxyl groups is 1. The Kier molecular flexibility index (Phi) is 2.61. The number of phenolic OH excluding ortho intramolecular Hbond substituents is 1. The van der Waals surface area contributed by atoms with E-state index in [0.29, 0.717) is 22.1 Å². The molecular weight excluding hydrogens is 262 g/mol. The SMILES string of the molecule is Cn1nc(-c2cc3cc(Cl)ccc3cc2O)cc1N. The molecule has 3 rings (SSSR count). The lowest BCUT2D eigenvalue weighted by Crippen LogP contribution is -1.96. The molecule has 1 heterocycles. The van der Waals surface area contributed by atoms with Gasteiger partial charge >= 0.3 is 0 Å². The van der Waals surface area contributed by atoms with Crippen molar-refractivity contribution in [1.29, 1.82) is 0 Å². The highest BCUT2D eigenvalue weighted by atomic mass is 35.5. The number of nitrogens with two attached hydrogens (primary N) is 1. The van der Waals surface area contributed by atoms with Crippen LogP contribution in [-0.4, -0.2) is 14.9 Å².